The van der Waals surface area contributed by atoms with Gasteiger partial charge in [0.1, 0.15) is 17.4 Å². The minimum Gasteiger partial charge on any atom is -0.493 e. The first-order valence-electron chi connectivity index (χ1n) is 5.00. The second kappa shape index (κ2) is 3.77. The van der Waals surface area contributed by atoms with Gasteiger partial charge < -0.3 is 10.5 Å². The van der Waals surface area contributed by atoms with Crippen LogP contribution >= 0.6 is 0 Å². The van der Waals surface area contributed by atoms with Gasteiger partial charge in [-0.2, -0.15) is 0 Å². The van der Waals surface area contributed by atoms with Crippen molar-refractivity contribution < 1.29 is 13.5 Å². The highest BCUT2D eigenvalue weighted by atomic mass is 19.1. The van der Waals surface area contributed by atoms with Gasteiger partial charge in [0.05, 0.1) is 6.61 Å². The van der Waals surface area contributed by atoms with Crippen molar-refractivity contribution >= 4 is 0 Å². The van der Waals surface area contributed by atoms with Crippen LogP contribution in [0.3, 0.4) is 0 Å². The highest BCUT2D eigenvalue weighted by Crippen LogP contribution is 2.35. The zero-order valence-corrected chi connectivity index (χ0v) is 8.52. The largest absolute Gasteiger partial charge is 0.493 e. The molecule has 2 nitrogen and oxygen atoms in total. The fraction of sp³-hybridized carbons (Fsp3) is 0.455. The first kappa shape index (κ1) is 10.4. The van der Waals surface area contributed by atoms with Gasteiger partial charge in [0.2, 0.25) is 0 Å². The topological polar surface area (TPSA) is 35.2 Å². The standard InChI is InChI=1S/C11H13F2NO/c1-6(14)10-9(13)5-8(12)7-3-2-4-15-11(7)10/h5-6H,2-4,14H2,1H3. The van der Waals surface area contributed by atoms with Crippen LogP contribution < -0.4 is 10.5 Å². The number of hydrogen-bond donors (Lipinski definition) is 1. The number of benzene rings is 1. The maximum Gasteiger partial charge on any atom is 0.134 e. The third-order valence-corrected chi connectivity index (χ3v) is 2.59. The van der Waals surface area contributed by atoms with Gasteiger partial charge in [-0.15, -0.1) is 0 Å². The van der Waals surface area contributed by atoms with E-state index in [1.165, 1.54) is 0 Å². The summed E-state index contributed by atoms with van der Waals surface area (Å²) < 4.78 is 32.2. The lowest BCUT2D eigenvalue weighted by atomic mass is 9.98. The first-order valence-corrected chi connectivity index (χ1v) is 5.00. The minimum absolute atomic E-state index is 0.283. The Labute approximate surface area is 87.0 Å². The lowest BCUT2D eigenvalue weighted by Gasteiger charge is -2.22. The van der Waals surface area contributed by atoms with E-state index in [4.69, 9.17) is 10.5 Å². The van der Waals surface area contributed by atoms with Crippen LogP contribution in [0.2, 0.25) is 0 Å². The van der Waals surface area contributed by atoms with E-state index >= 15 is 0 Å². The van der Waals surface area contributed by atoms with Crippen LogP contribution in [0.4, 0.5) is 8.78 Å². The van der Waals surface area contributed by atoms with E-state index in [9.17, 15) is 8.78 Å². The summed E-state index contributed by atoms with van der Waals surface area (Å²) in [5, 5.41) is 0. The molecule has 2 N–H and O–H groups in total. The fourth-order valence-corrected chi connectivity index (χ4v) is 1.90. The summed E-state index contributed by atoms with van der Waals surface area (Å²) in [7, 11) is 0. The van der Waals surface area contributed by atoms with Gasteiger partial charge in [-0.1, -0.05) is 0 Å². The molecule has 15 heavy (non-hydrogen) atoms. The predicted octanol–water partition coefficient (Wildman–Crippen LogP) is 2.31. The van der Waals surface area contributed by atoms with E-state index in [1.54, 1.807) is 6.92 Å². The lowest BCUT2D eigenvalue weighted by molar-refractivity contribution is 0.276. The average Bonchev–Trinajstić information content (AvgIpc) is 2.17. The Hall–Kier alpha value is -1.16. The van der Waals surface area contributed by atoms with Gasteiger partial charge in [-0.05, 0) is 19.8 Å². The van der Waals surface area contributed by atoms with Crippen LogP contribution in [0.1, 0.15) is 30.5 Å². The summed E-state index contributed by atoms with van der Waals surface area (Å²) in [4.78, 5) is 0. The SMILES string of the molecule is CC(N)c1c(F)cc(F)c2c1OCCC2. The first-order chi connectivity index (χ1) is 7.11. The molecule has 1 aliphatic heterocycles. The van der Waals surface area contributed by atoms with Crippen molar-refractivity contribution in [3.05, 3.63) is 28.8 Å². The Morgan fingerprint density at radius 1 is 1.40 bits per heavy atom. The molecule has 2 rings (SSSR count). The normalized spacial score (nSPS) is 16.8. The zero-order valence-electron chi connectivity index (χ0n) is 8.52. The molecule has 0 amide bonds. The third kappa shape index (κ3) is 1.69. The number of hydrogen-bond acceptors (Lipinski definition) is 2. The van der Waals surface area contributed by atoms with Crippen molar-refractivity contribution in [2.75, 3.05) is 6.61 Å². The zero-order chi connectivity index (χ0) is 11.0. The molecule has 0 spiro atoms. The molecule has 0 saturated heterocycles. The Bertz CT molecular complexity index is 391. The van der Waals surface area contributed by atoms with Gasteiger partial charge >= 0.3 is 0 Å². The summed E-state index contributed by atoms with van der Waals surface area (Å²) >= 11 is 0. The molecular formula is C11H13F2NO. The second-order valence-electron chi connectivity index (χ2n) is 3.80. The van der Waals surface area contributed by atoms with Crippen LogP contribution in [-0.2, 0) is 6.42 Å². The molecule has 0 radical (unpaired) electrons. The predicted molar refractivity (Wildman–Crippen MR) is 52.8 cm³/mol. The molecule has 1 atom stereocenters. The highest BCUT2D eigenvalue weighted by molar-refractivity contribution is 5.46. The van der Waals surface area contributed by atoms with E-state index in [0.29, 0.717) is 24.3 Å². The van der Waals surface area contributed by atoms with Crippen molar-refractivity contribution in [3.8, 4) is 5.75 Å². The number of nitrogens with two attached hydrogens (primary N) is 1. The molecule has 0 aliphatic carbocycles. The van der Waals surface area contributed by atoms with Crippen molar-refractivity contribution in [2.24, 2.45) is 5.73 Å². The van der Waals surface area contributed by atoms with Crippen LogP contribution in [0.15, 0.2) is 6.07 Å². The molecular weight excluding hydrogens is 200 g/mol. The van der Waals surface area contributed by atoms with Crippen LogP contribution in [-0.4, -0.2) is 6.61 Å². The summed E-state index contributed by atoms with van der Waals surface area (Å²) in [5.74, 6) is -0.844. The number of fused-ring (bicyclic) bond motifs is 1. The molecule has 1 aliphatic rings. The summed E-state index contributed by atoms with van der Waals surface area (Å²) in [6.45, 7) is 2.16. The molecule has 82 valence electrons. The van der Waals surface area contributed by atoms with Crippen molar-refractivity contribution in [1.29, 1.82) is 0 Å². The van der Waals surface area contributed by atoms with Crippen LogP contribution in [0.25, 0.3) is 0 Å². The van der Waals surface area contributed by atoms with Gasteiger partial charge in [-0.25, -0.2) is 8.78 Å². The molecule has 1 unspecified atom stereocenters. The maximum absolute atomic E-state index is 13.5. The van der Waals surface area contributed by atoms with Crippen LogP contribution in [0, 0.1) is 11.6 Å². The second-order valence-corrected chi connectivity index (χ2v) is 3.80. The molecule has 1 heterocycles. The minimum atomic E-state index is -0.622. The van der Waals surface area contributed by atoms with Crippen molar-refractivity contribution in [2.45, 2.75) is 25.8 Å². The Morgan fingerprint density at radius 2 is 2.13 bits per heavy atom. The maximum atomic E-state index is 13.5. The molecule has 1 aromatic rings. The summed E-state index contributed by atoms with van der Waals surface area (Å²) in [6, 6.07) is 0.407. The van der Waals surface area contributed by atoms with E-state index < -0.39 is 17.7 Å². The van der Waals surface area contributed by atoms with E-state index in [1.807, 2.05) is 0 Å². The number of halogens is 2. The fourth-order valence-electron chi connectivity index (χ4n) is 1.90. The van der Waals surface area contributed by atoms with Gasteiger partial charge in [0.15, 0.2) is 0 Å². The Kier molecular flexibility index (Phi) is 2.61. The molecule has 0 aromatic heterocycles. The third-order valence-electron chi connectivity index (χ3n) is 2.59. The van der Waals surface area contributed by atoms with E-state index in [-0.39, 0.29) is 5.56 Å². The Balaban J connectivity index is 2.63. The molecule has 0 saturated carbocycles. The Morgan fingerprint density at radius 3 is 2.80 bits per heavy atom. The quantitative estimate of drug-likeness (QED) is 0.776. The lowest BCUT2D eigenvalue weighted by Crippen LogP contribution is -2.17. The molecule has 0 fully saturated rings. The molecule has 4 heteroatoms. The highest BCUT2D eigenvalue weighted by Gasteiger charge is 2.24. The van der Waals surface area contributed by atoms with E-state index in [0.717, 1.165) is 12.5 Å². The molecule has 1 aromatic carbocycles. The van der Waals surface area contributed by atoms with Crippen LogP contribution in [0.5, 0.6) is 5.75 Å². The smallest absolute Gasteiger partial charge is 0.134 e. The van der Waals surface area contributed by atoms with E-state index in [2.05, 4.69) is 0 Å². The van der Waals surface area contributed by atoms with Crippen molar-refractivity contribution in [1.82, 2.24) is 0 Å². The van der Waals surface area contributed by atoms with Gasteiger partial charge in [0.25, 0.3) is 0 Å². The van der Waals surface area contributed by atoms with Gasteiger partial charge in [0, 0.05) is 23.2 Å². The monoisotopic (exact) mass is 213 g/mol. The number of ether oxygens (including phenoxy) is 1. The van der Waals surface area contributed by atoms with Gasteiger partial charge in [-0.3, -0.25) is 0 Å². The summed E-state index contributed by atoms with van der Waals surface area (Å²) in [6.07, 6.45) is 1.34. The van der Waals surface area contributed by atoms with Crippen molar-refractivity contribution in [3.63, 3.8) is 0 Å². The molecule has 0 bridgehead atoms. The average molecular weight is 213 g/mol. The summed E-state index contributed by atoms with van der Waals surface area (Å²) in [5.41, 5.74) is 6.38. The number of rotatable bonds is 1.